The number of hydrogen-bond acceptors (Lipinski definition) is 3. The van der Waals surface area contributed by atoms with Crippen molar-refractivity contribution >= 4 is 5.97 Å². The summed E-state index contributed by atoms with van der Waals surface area (Å²) in [6.07, 6.45) is 2.01. The van der Waals surface area contributed by atoms with Gasteiger partial charge >= 0.3 is 5.97 Å². The van der Waals surface area contributed by atoms with Crippen molar-refractivity contribution in [3.05, 3.63) is 12.7 Å². The molecule has 0 amide bonds. The van der Waals surface area contributed by atoms with Gasteiger partial charge in [-0.3, -0.25) is 0 Å². The third-order valence-electron chi connectivity index (χ3n) is 1.59. The first-order valence-corrected chi connectivity index (χ1v) is 4.01. The normalized spacial score (nSPS) is 10.9. The van der Waals surface area contributed by atoms with Crippen LogP contribution >= 0.6 is 0 Å². The van der Waals surface area contributed by atoms with Gasteiger partial charge in [-0.2, -0.15) is 0 Å². The van der Waals surface area contributed by atoms with Crippen molar-refractivity contribution in [1.82, 2.24) is 0 Å². The summed E-state index contributed by atoms with van der Waals surface area (Å²) >= 11 is 0. The van der Waals surface area contributed by atoms with E-state index in [1.807, 2.05) is 13.8 Å². The highest BCUT2D eigenvalue weighted by Gasteiger charge is 2.18. The van der Waals surface area contributed by atoms with Gasteiger partial charge < -0.3 is 10.5 Å². The largest absolute Gasteiger partial charge is 0.462 e. The molecule has 0 aromatic carbocycles. The molecule has 0 bridgehead atoms. The molecular formula is C9H17NO2. The Kier molecular flexibility index (Phi) is 4.59. The molecule has 0 aliphatic carbocycles. The van der Waals surface area contributed by atoms with E-state index in [9.17, 15) is 4.79 Å². The van der Waals surface area contributed by atoms with Gasteiger partial charge in [0, 0.05) is 11.5 Å². The number of carbonyl (C=O) groups excluding carboxylic acids is 1. The lowest BCUT2D eigenvalue weighted by molar-refractivity contribution is -0.140. The number of esters is 1. The summed E-state index contributed by atoms with van der Waals surface area (Å²) in [5, 5.41) is 0. The summed E-state index contributed by atoms with van der Waals surface area (Å²) in [5.41, 5.74) is 5.36. The third kappa shape index (κ3) is 4.91. The molecule has 0 saturated carbocycles. The quantitative estimate of drug-likeness (QED) is 0.497. The fourth-order valence-electron chi connectivity index (χ4n) is 0.788. The fourth-order valence-corrected chi connectivity index (χ4v) is 0.788. The van der Waals surface area contributed by atoms with Crippen LogP contribution in [0.25, 0.3) is 0 Å². The third-order valence-corrected chi connectivity index (χ3v) is 1.59. The van der Waals surface area contributed by atoms with Crippen LogP contribution < -0.4 is 5.73 Å². The topological polar surface area (TPSA) is 52.3 Å². The highest BCUT2D eigenvalue weighted by Crippen LogP contribution is 2.19. The zero-order valence-electron chi connectivity index (χ0n) is 7.80. The predicted octanol–water partition coefficient (Wildman–Crippen LogP) is 1.09. The minimum atomic E-state index is -0.375. The van der Waals surface area contributed by atoms with E-state index in [1.54, 1.807) is 0 Å². The first-order valence-electron chi connectivity index (χ1n) is 4.01. The molecule has 0 spiro atoms. The van der Waals surface area contributed by atoms with Crippen LogP contribution in [0, 0.1) is 5.41 Å². The Morgan fingerprint density at radius 1 is 1.67 bits per heavy atom. The first kappa shape index (κ1) is 11.2. The number of nitrogens with two attached hydrogens (primary N) is 1. The molecule has 0 aliphatic heterocycles. The molecule has 0 aliphatic rings. The highest BCUT2D eigenvalue weighted by atomic mass is 16.5. The molecule has 2 N–H and O–H groups in total. The van der Waals surface area contributed by atoms with Gasteiger partial charge in [0.25, 0.3) is 0 Å². The molecule has 12 heavy (non-hydrogen) atoms. The van der Waals surface area contributed by atoms with Crippen LogP contribution in [0.4, 0.5) is 0 Å². The van der Waals surface area contributed by atoms with E-state index in [1.165, 1.54) is 6.08 Å². The molecule has 3 nitrogen and oxygen atoms in total. The summed E-state index contributed by atoms with van der Waals surface area (Å²) in [4.78, 5) is 10.7. The van der Waals surface area contributed by atoms with Gasteiger partial charge in [-0.15, -0.1) is 0 Å². The smallest absolute Gasteiger partial charge is 0.330 e. The molecular weight excluding hydrogens is 154 g/mol. The van der Waals surface area contributed by atoms with Gasteiger partial charge in [0.2, 0.25) is 0 Å². The van der Waals surface area contributed by atoms with Crippen molar-refractivity contribution in [2.24, 2.45) is 11.1 Å². The van der Waals surface area contributed by atoms with Crippen LogP contribution in [0.5, 0.6) is 0 Å². The standard InChI is InChI=1S/C9H17NO2/c1-4-8(11)12-7-9(2,3)5-6-10/h4H,1,5-7,10H2,2-3H3. The van der Waals surface area contributed by atoms with Gasteiger partial charge in [0.1, 0.15) is 0 Å². The molecule has 3 heteroatoms. The van der Waals surface area contributed by atoms with Gasteiger partial charge in [-0.25, -0.2) is 4.79 Å². The van der Waals surface area contributed by atoms with E-state index in [2.05, 4.69) is 6.58 Å². The van der Waals surface area contributed by atoms with Crippen LogP contribution in [0.3, 0.4) is 0 Å². The number of ether oxygens (including phenoxy) is 1. The molecule has 0 saturated heterocycles. The van der Waals surface area contributed by atoms with E-state index in [-0.39, 0.29) is 11.4 Å². The maximum absolute atomic E-state index is 10.7. The Morgan fingerprint density at radius 2 is 2.25 bits per heavy atom. The summed E-state index contributed by atoms with van der Waals surface area (Å²) in [7, 11) is 0. The monoisotopic (exact) mass is 171 g/mol. The molecule has 0 aromatic heterocycles. The van der Waals surface area contributed by atoms with Crippen molar-refractivity contribution < 1.29 is 9.53 Å². The summed E-state index contributed by atoms with van der Waals surface area (Å²) in [5.74, 6) is -0.375. The Labute approximate surface area is 73.6 Å². The van der Waals surface area contributed by atoms with Crippen molar-refractivity contribution in [2.75, 3.05) is 13.2 Å². The van der Waals surface area contributed by atoms with Crippen LogP contribution in [0.15, 0.2) is 12.7 Å². The van der Waals surface area contributed by atoms with E-state index < -0.39 is 0 Å². The van der Waals surface area contributed by atoms with E-state index in [4.69, 9.17) is 10.5 Å². The van der Waals surface area contributed by atoms with Crippen molar-refractivity contribution in [3.63, 3.8) is 0 Å². The van der Waals surface area contributed by atoms with Crippen LogP contribution in [-0.2, 0) is 9.53 Å². The highest BCUT2D eigenvalue weighted by molar-refractivity contribution is 5.81. The van der Waals surface area contributed by atoms with Gasteiger partial charge in [-0.1, -0.05) is 20.4 Å². The van der Waals surface area contributed by atoms with E-state index >= 15 is 0 Å². The maximum atomic E-state index is 10.7. The second-order valence-electron chi connectivity index (χ2n) is 3.51. The molecule has 70 valence electrons. The number of hydrogen-bond donors (Lipinski definition) is 1. The van der Waals surface area contributed by atoms with Crippen molar-refractivity contribution in [3.8, 4) is 0 Å². The van der Waals surface area contributed by atoms with Gasteiger partial charge in [-0.05, 0) is 13.0 Å². The number of carbonyl (C=O) groups is 1. The average molecular weight is 171 g/mol. The second kappa shape index (κ2) is 4.93. The van der Waals surface area contributed by atoms with Gasteiger partial charge in [0.15, 0.2) is 0 Å². The minimum Gasteiger partial charge on any atom is -0.462 e. The lowest BCUT2D eigenvalue weighted by Gasteiger charge is -2.22. The van der Waals surface area contributed by atoms with Crippen LogP contribution in [-0.4, -0.2) is 19.1 Å². The SMILES string of the molecule is C=CC(=O)OCC(C)(C)CCN. The Morgan fingerprint density at radius 3 is 2.67 bits per heavy atom. The molecule has 0 aromatic rings. The summed E-state index contributed by atoms with van der Waals surface area (Å²) in [6, 6.07) is 0. The lowest BCUT2D eigenvalue weighted by atomic mass is 9.91. The molecule has 0 radical (unpaired) electrons. The fraction of sp³-hybridized carbons (Fsp3) is 0.667. The zero-order valence-corrected chi connectivity index (χ0v) is 7.80. The Bertz CT molecular complexity index is 164. The summed E-state index contributed by atoms with van der Waals surface area (Å²) < 4.78 is 4.90. The zero-order chi connectivity index (χ0) is 9.61. The molecule has 0 heterocycles. The van der Waals surface area contributed by atoms with E-state index in [0.29, 0.717) is 13.2 Å². The maximum Gasteiger partial charge on any atom is 0.330 e. The number of rotatable bonds is 5. The van der Waals surface area contributed by atoms with Crippen molar-refractivity contribution in [1.29, 1.82) is 0 Å². The van der Waals surface area contributed by atoms with Crippen LogP contribution in [0.1, 0.15) is 20.3 Å². The minimum absolute atomic E-state index is 0.0343. The predicted molar refractivity (Wildman–Crippen MR) is 48.6 cm³/mol. The lowest BCUT2D eigenvalue weighted by Crippen LogP contribution is -2.24. The molecule has 0 fully saturated rings. The average Bonchev–Trinajstić information content (AvgIpc) is 2.00. The van der Waals surface area contributed by atoms with Crippen molar-refractivity contribution in [2.45, 2.75) is 20.3 Å². The summed E-state index contributed by atoms with van der Waals surface area (Å²) in [6.45, 7) is 8.34. The molecule has 0 rings (SSSR count). The first-order chi connectivity index (χ1) is 5.52. The second-order valence-corrected chi connectivity index (χ2v) is 3.51. The Balaban J connectivity index is 3.74. The Hall–Kier alpha value is -0.830. The van der Waals surface area contributed by atoms with Gasteiger partial charge in [0.05, 0.1) is 6.61 Å². The van der Waals surface area contributed by atoms with E-state index in [0.717, 1.165) is 6.42 Å². The van der Waals surface area contributed by atoms with Crippen LogP contribution in [0.2, 0.25) is 0 Å². The molecule has 0 atom stereocenters. The molecule has 0 unspecified atom stereocenters.